The predicted molar refractivity (Wildman–Crippen MR) is 69.1 cm³/mol. The third-order valence-electron chi connectivity index (χ3n) is 2.84. The molecule has 0 bridgehead atoms. The van der Waals surface area contributed by atoms with E-state index in [0.717, 1.165) is 5.69 Å². The van der Waals surface area contributed by atoms with Gasteiger partial charge in [-0.15, -0.1) is 0 Å². The summed E-state index contributed by atoms with van der Waals surface area (Å²) < 4.78 is 1.84. The van der Waals surface area contributed by atoms with Crippen LogP contribution in [0, 0.1) is 6.92 Å². The topological polar surface area (TPSA) is 74.9 Å². The zero-order valence-electron chi connectivity index (χ0n) is 10.8. The van der Waals surface area contributed by atoms with E-state index < -0.39 is 5.97 Å². The van der Waals surface area contributed by atoms with E-state index in [4.69, 9.17) is 5.11 Å². The molecule has 6 heteroatoms. The summed E-state index contributed by atoms with van der Waals surface area (Å²) in [5.41, 5.74) is 2.09. The van der Waals surface area contributed by atoms with Crippen LogP contribution in [-0.2, 0) is 4.79 Å². The molecule has 0 unspecified atom stereocenters. The van der Waals surface area contributed by atoms with Gasteiger partial charge in [0.2, 0.25) is 0 Å². The number of carbonyl (C=O) groups is 2. The maximum absolute atomic E-state index is 12.1. The van der Waals surface area contributed by atoms with Crippen molar-refractivity contribution in [3.8, 4) is 0 Å². The summed E-state index contributed by atoms with van der Waals surface area (Å²) in [7, 11) is 1.59. The highest BCUT2D eigenvalue weighted by Gasteiger charge is 2.13. The minimum atomic E-state index is -0.918. The first-order valence-corrected chi connectivity index (χ1v) is 5.90. The standard InChI is InChI=1S/C13H15N3O3/c1-9-8-16-6-3-10(7-11(16)14-9)13(19)15(2)5-4-12(17)18/h3,6-8H,4-5H2,1-2H3,(H,17,18). The Bertz CT molecular complexity index is 633. The maximum Gasteiger partial charge on any atom is 0.305 e. The molecule has 0 radical (unpaired) electrons. The number of carboxylic acids is 1. The molecule has 0 saturated carbocycles. The number of imidazole rings is 1. The molecule has 0 aromatic carbocycles. The summed E-state index contributed by atoms with van der Waals surface area (Å²) in [5.74, 6) is -1.12. The Labute approximate surface area is 110 Å². The van der Waals surface area contributed by atoms with Crippen LogP contribution in [0.1, 0.15) is 22.5 Å². The van der Waals surface area contributed by atoms with Gasteiger partial charge in [-0.1, -0.05) is 0 Å². The molecule has 0 aliphatic carbocycles. The van der Waals surface area contributed by atoms with Crippen LogP contribution in [0.3, 0.4) is 0 Å². The lowest BCUT2D eigenvalue weighted by Gasteiger charge is -2.15. The highest BCUT2D eigenvalue weighted by atomic mass is 16.4. The zero-order valence-corrected chi connectivity index (χ0v) is 10.8. The molecule has 6 nitrogen and oxygen atoms in total. The molecule has 0 saturated heterocycles. The summed E-state index contributed by atoms with van der Waals surface area (Å²) in [4.78, 5) is 28.3. The number of nitrogens with zero attached hydrogens (tertiary/aromatic N) is 3. The molecule has 0 atom stereocenters. The van der Waals surface area contributed by atoms with Gasteiger partial charge in [-0.2, -0.15) is 0 Å². The Balaban J connectivity index is 2.18. The number of aromatic nitrogens is 2. The van der Waals surface area contributed by atoms with Gasteiger partial charge in [0.05, 0.1) is 12.1 Å². The lowest BCUT2D eigenvalue weighted by molar-refractivity contribution is -0.137. The van der Waals surface area contributed by atoms with Crippen molar-refractivity contribution in [1.29, 1.82) is 0 Å². The molecule has 0 aliphatic heterocycles. The molecule has 1 N–H and O–H groups in total. The maximum atomic E-state index is 12.1. The van der Waals surface area contributed by atoms with Crippen LogP contribution in [0.25, 0.3) is 5.65 Å². The summed E-state index contributed by atoms with van der Waals surface area (Å²) >= 11 is 0. The minimum Gasteiger partial charge on any atom is -0.481 e. The van der Waals surface area contributed by atoms with Gasteiger partial charge in [-0.05, 0) is 19.1 Å². The highest BCUT2D eigenvalue weighted by molar-refractivity contribution is 5.95. The smallest absolute Gasteiger partial charge is 0.305 e. The molecule has 19 heavy (non-hydrogen) atoms. The zero-order chi connectivity index (χ0) is 14.0. The Hall–Kier alpha value is -2.37. The van der Waals surface area contributed by atoms with Gasteiger partial charge in [0.15, 0.2) is 0 Å². The summed E-state index contributed by atoms with van der Waals surface area (Å²) in [5, 5.41) is 8.61. The quantitative estimate of drug-likeness (QED) is 0.897. The number of hydrogen-bond acceptors (Lipinski definition) is 3. The third-order valence-corrected chi connectivity index (χ3v) is 2.84. The number of rotatable bonds is 4. The third kappa shape index (κ3) is 2.90. The van der Waals surface area contributed by atoms with Crippen LogP contribution in [0.2, 0.25) is 0 Å². The first kappa shape index (κ1) is 13.1. The molecule has 100 valence electrons. The molecule has 0 aliphatic rings. The molecule has 2 aromatic heterocycles. The van der Waals surface area contributed by atoms with Crippen molar-refractivity contribution in [2.45, 2.75) is 13.3 Å². The molecular formula is C13H15N3O3. The van der Waals surface area contributed by atoms with E-state index in [-0.39, 0.29) is 18.9 Å². The monoisotopic (exact) mass is 261 g/mol. The number of carboxylic acid groups (broad SMARTS) is 1. The van der Waals surface area contributed by atoms with E-state index in [2.05, 4.69) is 4.98 Å². The Morgan fingerprint density at radius 1 is 1.47 bits per heavy atom. The molecule has 0 fully saturated rings. The van der Waals surface area contributed by atoms with Crippen molar-refractivity contribution >= 4 is 17.5 Å². The highest BCUT2D eigenvalue weighted by Crippen LogP contribution is 2.10. The van der Waals surface area contributed by atoms with Gasteiger partial charge in [0, 0.05) is 31.5 Å². The van der Waals surface area contributed by atoms with Crippen LogP contribution in [0.5, 0.6) is 0 Å². The molecule has 0 spiro atoms. The van der Waals surface area contributed by atoms with E-state index in [1.807, 2.05) is 17.5 Å². The predicted octanol–water partition coefficient (Wildman–Crippen LogP) is 1.19. The van der Waals surface area contributed by atoms with Crippen LogP contribution in [0.4, 0.5) is 0 Å². The first-order valence-electron chi connectivity index (χ1n) is 5.90. The van der Waals surface area contributed by atoms with Crippen molar-refractivity contribution < 1.29 is 14.7 Å². The lowest BCUT2D eigenvalue weighted by atomic mass is 10.2. The van der Waals surface area contributed by atoms with Crippen LogP contribution in [0.15, 0.2) is 24.5 Å². The van der Waals surface area contributed by atoms with Crippen molar-refractivity contribution in [2.24, 2.45) is 0 Å². The van der Waals surface area contributed by atoms with E-state index in [1.165, 1.54) is 4.90 Å². The number of aliphatic carboxylic acids is 1. The average Bonchev–Trinajstić information content (AvgIpc) is 2.73. The van der Waals surface area contributed by atoms with Gasteiger partial charge in [-0.25, -0.2) is 4.98 Å². The van der Waals surface area contributed by atoms with Crippen molar-refractivity contribution in [3.05, 3.63) is 35.8 Å². The molecule has 2 rings (SSSR count). The lowest BCUT2D eigenvalue weighted by Crippen LogP contribution is -2.29. The Morgan fingerprint density at radius 3 is 2.89 bits per heavy atom. The largest absolute Gasteiger partial charge is 0.481 e. The minimum absolute atomic E-state index is 0.0625. The van der Waals surface area contributed by atoms with Gasteiger partial charge >= 0.3 is 5.97 Å². The second-order valence-corrected chi connectivity index (χ2v) is 4.43. The normalized spacial score (nSPS) is 10.6. The molecule has 2 heterocycles. The van der Waals surface area contributed by atoms with Crippen molar-refractivity contribution in [3.63, 3.8) is 0 Å². The van der Waals surface area contributed by atoms with Crippen molar-refractivity contribution in [1.82, 2.24) is 14.3 Å². The van der Waals surface area contributed by atoms with E-state index in [9.17, 15) is 9.59 Å². The Morgan fingerprint density at radius 2 is 2.21 bits per heavy atom. The van der Waals surface area contributed by atoms with Gasteiger partial charge in [0.1, 0.15) is 5.65 Å². The van der Waals surface area contributed by atoms with Crippen LogP contribution >= 0.6 is 0 Å². The average molecular weight is 261 g/mol. The SMILES string of the molecule is Cc1cn2ccc(C(=O)N(C)CCC(=O)O)cc2n1. The van der Waals surface area contributed by atoms with Gasteiger partial charge < -0.3 is 14.4 Å². The van der Waals surface area contributed by atoms with Crippen LogP contribution in [-0.4, -0.2) is 44.9 Å². The summed E-state index contributed by atoms with van der Waals surface area (Å²) in [6, 6.07) is 3.40. The molecule has 2 aromatic rings. The second-order valence-electron chi connectivity index (χ2n) is 4.43. The van der Waals surface area contributed by atoms with Crippen molar-refractivity contribution in [2.75, 3.05) is 13.6 Å². The first-order chi connectivity index (χ1) is 8.97. The Kier molecular flexibility index (Phi) is 3.50. The number of aryl methyl sites for hydroxylation is 1. The fraction of sp³-hybridized carbons (Fsp3) is 0.308. The van der Waals surface area contributed by atoms with Gasteiger partial charge in [0.25, 0.3) is 5.91 Å². The number of fused-ring (bicyclic) bond motifs is 1. The van der Waals surface area contributed by atoms with E-state index in [0.29, 0.717) is 11.2 Å². The summed E-state index contributed by atoms with van der Waals surface area (Å²) in [6.07, 6.45) is 3.58. The van der Waals surface area contributed by atoms with E-state index in [1.54, 1.807) is 25.4 Å². The van der Waals surface area contributed by atoms with E-state index >= 15 is 0 Å². The summed E-state index contributed by atoms with van der Waals surface area (Å²) in [6.45, 7) is 2.07. The fourth-order valence-corrected chi connectivity index (χ4v) is 1.83. The number of carbonyl (C=O) groups excluding carboxylic acids is 1. The van der Waals surface area contributed by atoms with Crippen LogP contribution < -0.4 is 0 Å². The molecule has 1 amide bonds. The fourth-order valence-electron chi connectivity index (χ4n) is 1.83. The number of pyridine rings is 1. The van der Waals surface area contributed by atoms with Gasteiger partial charge in [-0.3, -0.25) is 9.59 Å². The second kappa shape index (κ2) is 5.09. The molecular weight excluding hydrogens is 246 g/mol. The number of hydrogen-bond donors (Lipinski definition) is 1. The number of amides is 1.